The predicted octanol–water partition coefficient (Wildman–Crippen LogP) is 7.28. The molecule has 0 unspecified atom stereocenters. The summed E-state index contributed by atoms with van der Waals surface area (Å²) in [5, 5.41) is 4.63. The second-order valence-corrected chi connectivity index (χ2v) is 17.1. The first-order valence-corrected chi connectivity index (χ1v) is 20.2. The molecule has 2 saturated heterocycles. The van der Waals surface area contributed by atoms with E-state index in [1.165, 1.54) is 14.2 Å². The van der Waals surface area contributed by atoms with E-state index in [0.29, 0.717) is 44.5 Å². The zero-order valence-electron chi connectivity index (χ0n) is 34.9. The van der Waals surface area contributed by atoms with E-state index in [9.17, 15) is 14.4 Å². The van der Waals surface area contributed by atoms with Crippen LogP contribution >= 0.6 is 0 Å². The van der Waals surface area contributed by atoms with Gasteiger partial charge in [0.1, 0.15) is 35.6 Å². The summed E-state index contributed by atoms with van der Waals surface area (Å²) in [6.07, 6.45) is 1.63. The Morgan fingerprint density at radius 3 is 2.51 bits per heavy atom. The van der Waals surface area contributed by atoms with E-state index in [4.69, 9.17) is 33.7 Å². The number of likely N-dealkylation sites (tertiary alicyclic amines) is 2. The third kappa shape index (κ3) is 7.80. The molecule has 3 aliphatic heterocycles. The fourth-order valence-electron chi connectivity index (χ4n) is 8.78. The molecule has 3 amide bonds. The zero-order valence-corrected chi connectivity index (χ0v) is 34.9. The Morgan fingerprint density at radius 2 is 1.76 bits per heavy atom. The van der Waals surface area contributed by atoms with Crippen molar-refractivity contribution in [1.29, 1.82) is 0 Å². The van der Waals surface area contributed by atoms with Gasteiger partial charge in [-0.15, -0.1) is 0 Å². The van der Waals surface area contributed by atoms with Crippen molar-refractivity contribution in [1.82, 2.24) is 35.1 Å². The number of carbonyl (C=O) groups is 3. The second-order valence-electron chi connectivity index (χ2n) is 17.1. The lowest BCUT2D eigenvalue weighted by molar-refractivity contribution is -0.137. The normalized spacial score (nSPS) is 21.2. The Hall–Kier alpha value is -5.67. The minimum Gasteiger partial charge on any atom is -0.488 e. The first-order valence-electron chi connectivity index (χ1n) is 20.2. The minimum absolute atomic E-state index is 0.0671. The van der Waals surface area contributed by atoms with Crippen molar-refractivity contribution in [3.63, 3.8) is 0 Å². The number of ether oxygens (including phenoxy) is 5. The molecule has 5 heterocycles. The van der Waals surface area contributed by atoms with Crippen LogP contribution in [0.3, 0.4) is 0 Å². The molecule has 2 fully saturated rings. The number of imidazole rings is 2. The number of nitrogens with one attached hydrogen (secondary N) is 3. The Bertz CT molecular complexity index is 2400. The average molecular weight is 808 g/mol. The van der Waals surface area contributed by atoms with E-state index in [1.807, 2.05) is 33.0 Å². The number of hydrogen-bond acceptors (Lipinski definition) is 10. The van der Waals surface area contributed by atoms with Gasteiger partial charge in [-0.05, 0) is 92.8 Å². The Labute approximate surface area is 343 Å². The fourth-order valence-corrected chi connectivity index (χ4v) is 8.78. The van der Waals surface area contributed by atoms with Gasteiger partial charge >= 0.3 is 12.2 Å². The SMILES string of the molecule is COC[C@H]1C[C@@H](c2nc3ccc4cc5c(cc4c3[nH]2)OCc2cc(-c3cnc([C@@H]4C[C@H](C)CN4C(=O)OC(C)(C)C)[nH]3)ccc2-5)N(C(=O)[C@@H](NC(=O)OC)[C@@H](C)OC)C1. The molecule has 0 saturated carbocycles. The van der Waals surface area contributed by atoms with Gasteiger partial charge in [0.15, 0.2) is 0 Å². The summed E-state index contributed by atoms with van der Waals surface area (Å²) in [5.74, 6) is 2.28. The molecular weight excluding hydrogens is 755 g/mol. The number of alkyl carbamates (subject to hydrolysis) is 1. The van der Waals surface area contributed by atoms with Crippen molar-refractivity contribution in [2.24, 2.45) is 11.8 Å². The first kappa shape index (κ1) is 40.1. The molecule has 3 aliphatic rings. The van der Waals surface area contributed by atoms with Crippen LogP contribution in [-0.4, -0.2) is 107 Å². The van der Waals surface area contributed by atoms with E-state index in [1.54, 1.807) is 23.8 Å². The molecule has 0 bridgehead atoms. The van der Waals surface area contributed by atoms with Crippen LogP contribution in [0.4, 0.5) is 9.59 Å². The van der Waals surface area contributed by atoms with Crippen molar-refractivity contribution in [3.8, 4) is 28.1 Å². The summed E-state index contributed by atoms with van der Waals surface area (Å²) in [4.78, 5) is 59.8. The van der Waals surface area contributed by atoms with Gasteiger partial charge < -0.3 is 43.9 Å². The number of fused-ring (bicyclic) bond motifs is 6. The van der Waals surface area contributed by atoms with Crippen molar-refractivity contribution >= 4 is 39.9 Å². The molecule has 59 heavy (non-hydrogen) atoms. The van der Waals surface area contributed by atoms with Gasteiger partial charge in [-0.2, -0.15) is 0 Å². The third-order valence-electron chi connectivity index (χ3n) is 11.7. The number of benzene rings is 3. The second kappa shape index (κ2) is 15.8. The van der Waals surface area contributed by atoms with Crippen molar-refractivity contribution in [2.45, 2.75) is 83.9 Å². The molecule has 312 valence electrons. The number of aromatic amines is 2. The number of H-pyrrole nitrogens is 2. The fraction of sp³-hybridized carbons (Fsp3) is 0.477. The summed E-state index contributed by atoms with van der Waals surface area (Å²) in [6, 6.07) is 13.1. The molecule has 15 heteroatoms. The zero-order chi connectivity index (χ0) is 41.7. The van der Waals surface area contributed by atoms with Crippen molar-refractivity contribution < 1.29 is 38.1 Å². The topological polar surface area (TPSA) is 173 Å². The molecular formula is C44H53N7O8. The Morgan fingerprint density at radius 1 is 0.966 bits per heavy atom. The molecule has 6 atom stereocenters. The number of hydrogen-bond donors (Lipinski definition) is 3. The van der Waals surface area contributed by atoms with Gasteiger partial charge in [0.2, 0.25) is 5.91 Å². The molecule has 15 nitrogen and oxygen atoms in total. The average Bonchev–Trinajstić information content (AvgIpc) is 4.03. The quantitative estimate of drug-likeness (QED) is 0.137. The maximum atomic E-state index is 14.1. The largest absolute Gasteiger partial charge is 0.488 e. The minimum atomic E-state index is -0.960. The highest BCUT2D eigenvalue weighted by molar-refractivity contribution is 6.07. The van der Waals surface area contributed by atoms with Gasteiger partial charge in [0.25, 0.3) is 0 Å². The lowest BCUT2D eigenvalue weighted by Crippen LogP contribution is -2.54. The third-order valence-corrected chi connectivity index (χ3v) is 11.7. The standard InChI is InChI=1S/C44H53N7O8/c1-23-13-34(51(19-23)43(54)59-44(3,4)5)39-45-18-33(47-39)27-9-11-29-28(15-27)22-58-36-17-30-26(16-31(29)36)10-12-32-38(30)48-40(46-32)35-14-25(21-55-6)20-50(35)41(52)37(24(2)56-7)49-42(53)57-8/h9-12,15-18,23-25,34-35,37H,13-14,19-22H2,1-8H3,(H,45,47)(H,46,48)(H,49,53)/t23-,24+,25-,34-,35-,37-/m0/s1. The number of carbonyl (C=O) groups excluding carboxylic acids is 3. The summed E-state index contributed by atoms with van der Waals surface area (Å²) < 4.78 is 28.0. The Kier molecular flexibility index (Phi) is 10.8. The summed E-state index contributed by atoms with van der Waals surface area (Å²) in [7, 11) is 4.41. The van der Waals surface area contributed by atoms with E-state index in [-0.39, 0.29) is 30.0 Å². The molecule has 5 aromatic rings. The van der Waals surface area contributed by atoms with Crippen LogP contribution in [0.2, 0.25) is 0 Å². The highest BCUT2D eigenvalue weighted by Gasteiger charge is 2.43. The van der Waals surface area contributed by atoms with E-state index >= 15 is 0 Å². The van der Waals surface area contributed by atoms with Gasteiger partial charge in [0.05, 0.1) is 54.8 Å². The van der Waals surface area contributed by atoms with Crippen LogP contribution in [0.1, 0.15) is 76.8 Å². The van der Waals surface area contributed by atoms with Gasteiger partial charge in [-0.25, -0.2) is 19.6 Å². The number of rotatable bonds is 9. The Balaban J connectivity index is 1.07. The monoisotopic (exact) mass is 807 g/mol. The molecule has 3 N–H and O–H groups in total. The number of aromatic nitrogens is 4. The van der Waals surface area contributed by atoms with Gasteiger partial charge in [-0.1, -0.05) is 25.1 Å². The van der Waals surface area contributed by atoms with Gasteiger partial charge in [-0.3, -0.25) is 9.69 Å². The molecule has 0 spiro atoms. The van der Waals surface area contributed by atoms with E-state index < -0.39 is 23.8 Å². The van der Waals surface area contributed by atoms with Crippen LogP contribution < -0.4 is 10.1 Å². The number of amides is 3. The van der Waals surface area contributed by atoms with Crippen LogP contribution in [0.25, 0.3) is 44.2 Å². The maximum Gasteiger partial charge on any atom is 0.410 e. The highest BCUT2D eigenvalue weighted by Crippen LogP contribution is 2.44. The molecule has 2 aromatic heterocycles. The lowest BCUT2D eigenvalue weighted by Gasteiger charge is -2.30. The molecule has 0 radical (unpaired) electrons. The molecule has 3 aromatic carbocycles. The predicted molar refractivity (Wildman–Crippen MR) is 221 cm³/mol. The smallest absolute Gasteiger partial charge is 0.410 e. The van der Waals surface area contributed by atoms with Crippen molar-refractivity contribution in [3.05, 3.63) is 65.9 Å². The lowest BCUT2D eigenvalue weighted by atomic mass is 9.92. The summed E-state index contributed by atoms with van der Waals surface area (Å²) in [6.45, 7) is 11.4. The summed E-state index contributed by atoms with van der Waals surface area (Å²) >= 11 is 0. The van der Waals surface area contributed by atoms with Crippen molar-refractivity contribution in [2.75, 3.05) is 41.0 Å². The van der Waals surface area contributed by atoms with Crippen LogP contribution in [0.15, 0.2) is 48.7 Å². The van der Waals surface area contributed by atoms with Crippen LogP contribution in [-0.2, 0) is 30.3 Å². The number of methoxy groups -OCH3 is 3. The first-order chi connectivity index (χ1) is 28.2. The molecule has 0 aliphatic carbocycles. The van der Waals surface area contributed by atoms with Crippen LogP contribution in [0, 0.1) is 11.8 Å². The van der Waals surface area contributed by atoms with E-state index in [2.05, 4.69) is 58.6 Å². The van der Waals surface area contributed by atoms with Gasteiger partial charge in [0, 0.05) is 44.2 Å². The van der Waals surface area contributed by atoms with E-state index in [0.717, 1.165) is 67.7 Å². The molecule has 8 rings (SSSR count). The number of nitrogens with zero attached hydrogens (tertiary/aromatic N) is 4. The summed E-state index contributed by atoms with van der Waals surface area (Å²) in [5.41, 5.74) is 6.02. The maximum absolute atomic E-state index is 14.1. The highest BCUT2D eigenvalue weighted by atomic mass is 16.6. The van der Waals surface area contributed by atoms with Crippen LogP contribution in [0.5, 0.6) is 5.75 Å².